The summed E-state index contributed by atoms with van der Waals surface area (Å²) in [5, 5.41) is 18.1. The number of nitro groups is 1. The lowest BCUT2D eigenvalue weighted by Gasteiger charge is -2.06. The molecule has 7 heteroatoms. The summed E-state index contributed by atoms with van der Waals surface area (Å²) in [6, 6.07) is 10.7. The number of amidine groups is 1. The summed E-state index contributed by atoms with van der Waals surface area (Å²) >= 11 is 0. The van der Waals surface area contributed by atoms with Crippen molar-refractivity contribution >= 4 is 11.5 Å². The number of benzene rings is 1. The van der Waals surface area contributed by atoms with Crippen molar-refractivity contribution < 1.29 is 9.66 Å². The zero-order valence-electron chi connectivity index (χ0n) is 9.74. The normalized spacial score (nSPS) is 9.89. The number of nitrogens with two attached hydrogens (primary N) is 1. The molecular formula is C12H10N4O3. The maximum absolute atomic E-state index is 10.8. The molecule has 0 radical (unpaired) electrons. The van der Waals surface area contributed by atoms with Gasteiger partial charge >= 0.3 is 5.69 Å². The number of para-hydroxylation sites is 2. The fourth-order valence-electron chi connectivity index (χ4n) is 1.43. The van der Waals surface area contributed by atoms with Gasteiger partial charge in [-0.15, -0.1) is 0 Å². The largest absolute Gasteiger partial charge is 0.432 e. The number of pyridine rings is 1. The van der Waals surface area contributed by atoms with E-state index < -0.39 is 4.92 Å². The van der Waals surface area contributed by atoms with Gasteiger partial charge in [0.15, 0.2) is 0 Å². The van der Waals surface area contributed by atoms with E-state index in [4.69, 9.17) is 15.9 Å². The van der Waals surface area contributed by atoms with E-state index in [2.05, 4.69) is 4.98 Å². The number of aromatic nitrogens is 1. The van der Waals surface area contributed by atoms with E-state index in [1.54, 1.807) is 24.3 Å². The van der Waals surface area contributed by atoms with E-state index >= 15 is 0 Å². The monoisotopic (exact) mass is 258 g/mol. The van der Waals surface area contributed by atoms with Crippen LogP contribution < -0.4 is 10.5 Å². The number of rotatable bonds is 4. The third kappa shape index (κ3) is 2.83. The van der Waals surface area contributed by atoms with Gasteiger partial charge < -0.3 is 10.5 Å². The molecule has 1 aromatic carbocycles. The first-order valence-electron chi connectivity index (χ1n) is 5.30. The van der Waals surface area contributed by atoms with Gasteiger partial charge in [0.2, 0.25) is 11.6 Å². The Kier molecular flexibility index (Phi) is 3.37. The van der Waals surface area contributed by atoms with Crippen LogP contribution in [0.3, 0.4) is 0 Å². The van der Waals surface area contributed by atoms with Crippen LogP contribution in [-0.4, -0.2) is 15.7 Å². The molecule has 0 saturated carbocycles. The van der Waals surface area contributed by atoms with Crippen LogP contribution in [0.4, 0.5) is 5.69 Å². The molecule has 1 heterocycles. The molecule has 1 aromatic heterocycles. The molecule has 0 aliphatic rings. The Morgan fingerprint density at radius 3 is 2.68 bits per heavy atom. The molecular weight excluding hydrogens is 248 g/mol. The highest BCUT2D eigenvalue weighted by atomic mass is 16.6. The predicted molar refractivity (Wildman–Crippen MR) is 68.4 cm³/mol. The molecule has 0 saturated heterocycles. The average molecular weight is 258 g/mol. The van der Waals surface area contributed by atoms with Gasteiger partial charge in [-0.25, -0.2) is 4.98 Å². The summed E-state index contributed by atoms with van der Waals surface area (Å²) in [4.78, 5) is 14.3. The van der Waals surface area contributed by atoms with Gasteiger partial charge in [0.1, 0.15) is 11.5 Å². The molecule has 2 aromatic rings. The minimum absolute atomic E-state index is 0.0840. The smallest absolute Gasteiger partial charge is 0.311 e. The van der Waals surface area contributed by atoms with E-state index in [0.717, 1.165) is 0 Å². The molecule has 3 N–H and O–H groups in total. The first kappa shape index (κ1) is 12.5. The summed E-state index contributed by atoms with van der Waals surface area (Å²) in [6.07, 6.45) is 0. The van der Waals surface area contributed by atoms with Crippen LogP contribution >= 0.6 is 0 Å². The van der Waals surface area contributed by atoms with Gasteiger partial charge in [-0.1, -0.05) is 18.2 Å². The number of nitrogens with zero attached hydrogens (tertiary/aromatic N) is 2. The summed E-state index contributed by atoms with van der Waals surface area (Å²) in [7, 11) is 0. The van der Waals surface area contributed by atoms with Crippen molar-refractivity contribution in [2.24, 2.45) is 5.73 Å². The molecule has 0 unspecified atom stereocenters. The van der Waals surface area contributed by atoms with Crippen molar-refractivity contribution in [2.45, 2.75) is 0 Å². The molecule has 0 amide bonds. The third-order valence-electron chi connectivity index (χ3n) is 2.28. The van der Waals surface area contributed by atoms with Crippen LogP contribution in [0.15, 0.2) is 42.5 Å². The average Bonchev–Trinajstić information content (AvgIpc) is 2.39. The van der Waals surface area contributed by atoms with E-state index in [9.17, 15) is 10.1 Å². The highest BCUT2D eigenvalue weighted by Gasteiger charge is 2.15. The predicted octanol–water partition coefficient (Wildman–Crippen LogP) is 2.07. The molecule has 2 rings (SSSR count). The number of ether oxygens (including phenoxy) is 1. The standard InChI is InChI=1S/C12H10N4O3/c13-12(14)8-4-3-7-11(15-8)19-10-6-2-1-5-9(10)16(17)18/h1-7H,(H3,13,14). The van der Waals surface area contributed by atoms with Crippen LogP contribution in [0, 0.1) is 15.5 Å². The Hall–Kier alpha value is -2.96. The van der Waals surface area contributed by atoms with Crippen LogP contribution in [-0.2, 0) is 0 Å². The van der Waals surface area contributed by atoms with E-state index in [1.165, 1.54) is 18.2 Å². The van der Waals surface area contributed by atoms with Crippen molar-refractivity contribution in [1.29, 1.82) is 5.41 Å². The first-order chi connectivity index (χ1) is 9.08. The Bertz CT molecular complexity index is 642. The van der Waals surface area contributed by atoms with Gasteiger partial charge in [0, 0.05) is 12.1 Å². The Morgan fingerprint density at radius 1 is 1.26 bits per heavy atom. The van der Waals surface area contributed by atoms with E-state index in [1.807, 2.05) is 0 Å². The molecule has 0 aliphatic carbocycles. The van der Waals surface area contributed by atoms with Gasteiger partial charge in [-0.05, 0) is 12.1 Å². The Balaban J connectivity index is 2.34. The zero-order valence-corrected chi connectivity index (χ0v) is 9.74. The third-order valence-corrected chi connectivity index (χ3v) is 2.28. The minimum atomic E-state index is -0.538. The van der Waals surface area contributed by atoms with Crippen molar-refractivity contribution in [3.8, 4) is 11.6 Å². The fourth-order valence-corrected chi connectivity index (χ4v) is 1.43. The SMILES string of the molecule is N=C(N)c1cccc(Oc2ccccc2[N+](=O)[O-])n1. The summed E-state index contributed by atoms with van der Waals surface area (Å²) in [5.74, 6) is 0.0238. The lowest BCUT2D eigenvalue weighted by atomic mass is 10.3. The number of nitrogen functional groups attached to an aromatic ring is 1. The van der Waals surface area contributed by atoms with E-state index in [0.29, 0.717) is 0 Å². The lowest BCUT2D eigenvalue weighted by Crippen LogP contribution is -2.13. The van der Waals surface area contributed by atoms with Crippen LogP contribution in [0.25, 0.3) is 0 Å². The molecule has 0 atom stereocenters. The fraction of sp³-hybridized carbons (Fsp3) is 0. The number of hydrogen-bond acceptors (Lipinski definition) is 5. The highest BCUT2D eigenvalue weighted by molar-refractivity contribution is 5.93. The van der Waals surface area contributed by atoms with E-state index in [-0.39, 0.29) is 28.8 Å². The number of nitro benzene ring substituents is 1. The Morgan fingerprint density at radius 2 is 2.00 bits per heavy atom. The highest BCUT2D eigenvalue weighted by Crippen LogP contribution is 2.29. The maximum atomic E-state index is 10.8. The zero-order chi connectivity index (χ0) is 13.8. The second-order valence-electron chi connectivity index (χ2n) is 3.60. The molecule has 0 spiro atoms. The summed E-state index contributed by atoms with van der Waals surface area (Å²) in [5.41, 5.74) is 5.40. The molecule has 7 nitrogen and oxygen atoms in total. The molecule has 0 bridgehead atoms. The molecule has 0 aliphatic heterocycles. The topological polar surface area (TPSA) is 115 Å². The van der Waals surface area contributed by atoms with Crippen molar-refractivity contribution in [3.05, 3.63) is 58.3 Å². The van der Waals surface area contributed by atoms with Gasteiger partial charge in [-0.2, -0.15) is 0 Å². The van der Waals surface area contributed by atoms with Gasteiger partial charge in [0.05, 0.1) is 4.92 Å². The molecule has 0 fully saturated rings. The lowest BCUT2D eigenvalue weighted by molar-refractivity contribution is -0.385. The van der Waals surface area contributed by atoms with Crippen molar-refractivity contribution in [3.63, 3.8) is 0 Å². The van der Waals surface area contributed by atoms with Gasteiger partial charge in [-0.3, -0.25) is 15.5 Å². The summed E-state index contributed by atoms with van der Waals surface area (Å²) < 4.78 is 5.36. The second-order valence-corrected chi connectivity index (χ2v) is 3.60. The second kappa shape index (κ2) is 5.13. The Labute approximate surface area is 108 Å². The number of nitrogens with one attached hydrogen (secondary N) is 1. The minimum Gasteiger partial charge on any atom is -0.432 e. The maximum Gasteiger partial charge on any atom is 0.311 e. The van der Waals surface area contributed by atoms with Crippen LogP contribution in [0.2, 0.25) is 0 Å². The molecule has 96 valence electrons. The number of hydrogen-bond donors (Lipinski definition) is 2. The first-order valence-corrected chi connectivity index (χ1v) is 5.30. The van der Waals surface area contributed by atoms with Crippen molar-refractivity contribution in [2.75, 3.05) is 0 Å². The molecule has 19 heavy (non-hydrogen) atoms. The summed E-state index contributed by atoms with van der Waals surface area (Å²) in [6.45, 7) is 0. The van der Waals surface area contributed by atoms with Gasteiger partial charge in [0.25, 0.3) is 0 Å². The van der Waals surface area contributed by atoms with Crippen LogP contribution in [0.5, 0.6) is 11.6 Å². The van der Waals surface area contributed by atoms with Crippen molar-refractivity contribution in [1.82, 2.24) is 4.98 Å². The van der Waals surface area contributed by atoms with Crippen LogP contribution in [0.1, 0.15) is 5.69 Å². The quantitative estimate of drug-likeness (QED) is 0.377.